The molecule has 0 saturated carbocycles. The van der Waals surface area contributed by atoms with Gasteiger partial charge in [0.25, 0.3) is 0 Å². The second-order valence-electron chi connectivity index (χ2n) is 2.59. The molecule has 0 aliphatic carbocycles. The van der Waals surface area contributed by atoms with Crippen LogP contribution in [-0.4, -0.2) is 13.0 Å². The summed E-state index contributed by atoms with van der Waals surface area (Å²) < 4.78 is 4.97. The van der Waals surface area contributed by atoms with Gasteiger partial charge in [-0.3, -0.25) is 4.79 Å². The fraction of sp³-hybridized carbons (Fsp3) is 0.222. The van der Waals surface area contributed by atoms with Gasteiger partial charge in [0.2, 0.25) is 5.91 Å². The molecule has 0 saturated heterocycles. The Hall–Kier alpha value is -1.55. The van der Waals surface area contributed by atoms with Crippen molar-refractivity contribution in [1.82, 2.24) is 0 Å². The summed E-state index contributed by atoms with van der Waals surface area (Å²) in [7, 11) is 1.58. The molecule has 0 unspecified atom stereocenters. The van der Waals surface area contributed by atoms with E-state index in [0.717, 1.165) is 10.8 Å². The van der Waals surface area contributed by atoms with E-state index < -0.39 is 0 Å². The van der Waals surface area contributed by atoms with Gasteiger partial charge in [0.05, 0.1) is 12.8 Å². The Labute approximate surface area is 76.9 Å². The first-order chi connectivity index (χ1) is 6.15. The first-order valence-corrected chi connectivity index (χ1v) is 3.84. The minimum absolute atomic E-state index is 0.204. The lowest BCUT2D eigenvalue weighted by Gasteiger charge is -2.14. The summed E-state index contributed by atoms with van der Waals surface area (Å²) in [4.78, 5) is 10.9. The van der Waals surface area contributed by atoms with Crippen LogP contribution in [0, 0.1) is 0 Å². The SMILES string of the molecule is COc1ccc(N(N)C(C)=O)cc1. The molecule has 0 aromatic heterocycles. The number of nitrogens with two attached hydrogens (primary N) is 1. The molecule has 0 radical (unpaired) electrons. The van der Waals surface area contributed by atoms with Gasteiger partial charge in [-0.2, -0.15) is 0 Å². The largest absolute Gasteiger partial charge is 0.497 e. The molecular formula is C9H12N2O2. The van der Waals surface area contributed by atoms with Gasteiger partial charge in [0, 0.05) is 6.92 Å². The van der Waals surface area contributed by atoms with Crippen LogP contribution in [0.15, 0.2) is 24.3 Å². The van der Waals surface area contributed by atoms with Gasteiger partial charge in [0.15, 0.2) is 0 Å². The van der Waals surface area contributed by atoms with Gasteiger partial charge < -0.3 is 4.74 Å². The van der Waals surface area contributed by atoms with Crippen molar-refractivity contribution in [2.24, 2.45) is 5.84 Å². The van der Waals surface area contributed by atoms with Crippen LogP contribution < -0.4 is 15.6 Å². The van der Waals surface area contributed by atoms with E-state index in [9.17, 15) is 4.79 Å². The maximum absolute atomic E-state index is 10.9. The second kappa shape index (κ2) is 3.91. The zero-order chi connectivity index (χ0) is 9.84. The van der Waals surface area contributed by atoms with Crippen LogP contribution in [0.2, 0.25) is 0 Å². The van der Waals surface area contributed by atoms with Crippen LogP contribution in [0.25, 0.3) is 0 Å². The number of carbonyl (C=O) groups excluding carboxylic acids is 1. The molecule has 0 aliphatic rings. The van der Waals surface area contributed by atoms with E-state index >= 15 is 0 Å². The number of ether oxygens (including phenoxy) is 1. The van der Waals surface area contributed by atoms with E-state index in [2.05, 4.69) is 0 Å². The van der Waals surface area contributed by atoms with Crippen molar-refractivity contribution >= 4 is 11.6 Å². The number of hydrogen-bond donors (Lipinski definition) is 1. The molecule has 0 heterocycles. The van der Waals surface area contributed by atoms with Gasteiger partial charge in [-0.25, -0.2) is 10.9 Å². The van der Waals surface area contributed by atoms with Crippen LogP contribution in [0.4, 0.5) is 5.69 Å². The minimum atomic E-state index is -0.204. The minimum Gasteiger partial charge on any atom is -0.497 e. The van der Waals surface area contributed by atoms with Crippen LogP contribution in [0.5, 0.6) is 5.75 Å². The number of carbonyl (C=O) groups is 1. The second-order valence-corrected chi connectivity index (χ2v) is 2.59. The molecule has 1 aromatic rings. The quantitative estimate of drug-likeness (QED) is 0.418. The van der Waals surface area contributed by atoms with Crippen molar-refractivity contribution in [3.63, 3.8) is 0 Å². The Morgan fingerprint density at radius 3 is 2.31 bits per heavy atom. The summed E-state index contributed by atoms with van der Waals surface area (Å²) in [5.74, 6) is 6.01. The summed E-state index contributed by atoms with van der Waals surface area (Å²) in [6.07, 6.45) is 0. The van der Waals surface area contributed by atoms with Crippen molar-refractivity contribution in [3.05, 3.63) is 24.3 Å². The van der Waals surface area contributed by atoms with Gasteiger partial charge in [-0.1, -0.05) is 0 Å². The number of hydrazine groups is 1. The lowest BCUT2D eigenvalue weighted by atomic mass is 10.3. The predicted molar refractivity (Wildman–Crippen MR) is 50.3 cm³/mol. The van der Waals surface area contributed by atoms with Gasteiger partial charge >= 0.3 is 0 Å². The Morgan fingerprint density at radius 1 is 1.38 bits per heavy atom. The van der Waals surface area contributed by atoms with Crippen LogP contribution in [0.3, 0.4) is 0 Å². The van der Waals surface area contributed by atoms with Gasteiger partial charge in [0.1, 0.15) is 5.75 Å². The molecule has 1 aromatic carbocycles. The van der Waals surface area contributed by atoms with E-state index in [4.69, 9.17) is 10.6 Å². The molecule has 4 heteroatoms. The number of rotatable bonds is 2. The Bertz CT molecular complexity index is 295. The molecule has 2 N–H and O–H groups in total. The lowest BCUT2D eigenvalue weighted by Crippen LogP contribution is -2.35. The highest BCUT2D eigenvalue weighted by molar-refractivity contribution is 5.90. The van der Waals surface area contributed by atoms with Crippen molar-refractivity contribution in [1.29, 1.82) is 0 Å². The number of methoxy groups -OCH3 is 1. The molecule has 0 aliphatic heterocycles. The molecule has 1 rings (SSSR count). The number of amides is 1. The fourth-order valence-electron chi connectivity index (χ4n) is 0.925. The van der Waals surface area contributed by atoms with E-state index in [1.54, 1.807) is 31.4 Å². The molecule has 0 atom stereocenters. The van der Waals surface area contributed by atoms with Gasteiger partial charge in [-0.05, 0) is 24.3 Å². The summed E-state index contributed by atoms with van der Waals surface area (Å²) in [6, 6.07) is 6.94. The number of anilines is 1. The number of hydrogen-bond acceptors (Lipinski definition) is 3. The van der Waals surface area contributed by atoms with Crippen molar-refractivity contribution in [2.75, 3.05) is 12.1 Å². The van der Waals surface area contributed by atoms with E-state index in [1.165, 1.54) is 6.92 Å². The molecule has 0 spiro atoms. The number of benzene rings is 1. The van der Waals surface area contributed by atoms with Crippen molar-refractivity contribution in [2.45, 2.75) is 6.92 Å². The Balaban J connectivity index is 2.85. The molecule has 13 heavy (non-hydrogen) atoms. The molecule has 1 amide bonds. The molecule has 70 valence electrons. The van der Waals surface area contributed by atoms with Crippen LogP contribution in [0.1, 0.15) is 6.92 Å². The number of nitrogens with zero attached hydrogens (tertiary/aromatic N) is 1. The van der Waals surface area contributed by atoms with Crippen molar-refractivity contribution < 1.29 is 9.53 Å². The monoisotopic (exact) mass is 180 g/mol. The highest BCUT2D eigenvalue weighted by Crippen LogP contribution is 2.16. The normalized spacial score (nSPS) is 9.46. The first kappa shape index (κ1) is 9.54. The maximum Gasteiger partial charge on any atom is 0.238 e. The fourth-order valence-corrected chi connectivity index (χ4v) is 0.925. The zero-order valence-electron chi connectivity index (χ0n) is 7.65. The standard InChI is InChI=1S/C9H12N2O2/c1-7(12)11(10)8-3-5-9(13-2)6-4-8/h3-6H,10H2,1-2H3. The molecular weight excluding hydrogens is 168 g/mol. The summed E-state index contributed by atoms with van der Waals surface area (Å²) in [6.45, 7) is 1.41. The predicted octanol–water partition coefficient (Wildman–Crippen LogP) is 0.922. The van der Waals surface area contributed by atoms with Crippen molar-refractivity contribution in [3.8, 4) is 5.75 Å². The van der Waals surface area contributed by atoms with Gasteiger partial charge in [-0.15, -0.1) is 0 Å². The molecule has 0 bridgehead atoms. The molecule has 0 fully saturated rings. The van der Waals surface area contributed by atoms with Crippen LogP contribution >= 0.6 is 0 Å². The lowest BCUT2D eigenvalue weighted by molar-refractivity contribution is -0.116. The summed E-state index contributed by atoms with van der Waals surface area (Å²) in [5, 5.41) is 1.08. The summed E-state index contributed by atoms with van der Waals surface area (Å²) in [5.41, 5.74) is 0.647. The third-order valence-corrected chi connectivity index (χ3v) is 1.69. The van der Waals surface area contributed by atoms with E-state index in [0.29, 0.717) is 5.69 Å². The Kier molecular flexibility index (Phi) is 2.87. The van der Waals surface area contributed by atoms with Crippen LogP contribution in [-0.2, 0) is 4.79 Å². The Morgan fingerprint density at radius 2 is 1.92 bits per heavy atom. The highest BCUT2D eigenvalue weighted by Gasteiger charge is 2.05. The smallest absolute Gasteiger partial charge is 0.238 e. The maximum atomic E-state index is 10.9. The topological polar surface area (TPSA) is 55.6 Å². The van der Waals surface area contributed by atoms with E-state index in [-0.39, 0.29) is 5.91 Å². The average molecular weight is 180 g/mol. The summed E-state index contributed by atoms with van der Waals surface area (Å²) >= 11 is 0. The molecule has 4 nitrogen and oxygen atoms in total. The first-order valence-electron chi connectivity index (χ1n) is 3.84. The van der Waals surface area contributed by atoms with E-state index in [1.807, 2.05) is 0 Å². The average Bonchev–Trinajstić information content (AvgIpc) is 2.17. The highest BCUT2D eigenvalue weighted by atomic mass is 16.5. The third-order valence-electron chi connectivity index (χ3n) is 1.69. The zero-order valence-corrected chi connectivity index (χ0v) is 7.65. The third kappa shape index (κ3) is 2.19.